The summed E-state index contributed by atoms with van der Waals surface area (Å²) in [6.45, 7) is 19.9. The van der Waals surface area contributed by atoms with E-state index in [1.165, 1.54) is 0 Å². The van der Waals surface area contributed by atoms with Crippen LogP contribution in [0.25, 0.3) is 0 Å². The van der Waals surface area contributed by atoms with E-state index in [0.29, 0.717) is 11.8 Å². The van der Waals surface area contributed by atoms with Crippen LogP contribution in [-0.4, -0.2) is 29.9 Å². The number of hydrogen-bond donors (Lipinski definition) is 0. The molecule has 0 spiro atoms. The summed E-state index contributed by atoms with van der Waals surface area (Å²) in [5.41, 5.74) is -2.79. The molecule has 6 atom stereocenters. The Morgan fingerprint density at radius 2 is 0.971 bits per heavy atom. The molecule has 192 valence electrons. The topological polar surface area (TPSA) is 69.7 Å². The average Bonchev–Trinajstić information content (AvgIpc) is 3.25. The zero-order valence-corrected chi connectivity index (χ0v) is 23.1. The lowest BCUT2D eigenvalue weighted by atomic mass is 9.69. The summed E-state index contributed by atoms with van der Waals surface area (Å²) in [5, 5.41) is 0. The van der Waals surface area contributed by atoms with Crippen LogP contribution in [0.4, 0.5) is 0 Å². The Bertz CT molecular complexity index is 839. The van der Waals surface area contributed by atoms with Crippen molar-refractivity contribution < 1.29 is 23.9 Å². The summed E-state index contributed by atoms with van der Waals surface area (Å²) < 4.78 is 12.1. The molecule has 0 amide bonds. The van der Waals surface area contributed by atoms with E-state index in [9.17, 15) is 14.4 Å². The molecule has 4 rings (SSSR count). The minimum Gasteiger partial charge on any atom is -0.461 e. The fraction of sp³-hybridized carbons (Fsp3) is 0.897. The summed E-state index contributed by atoms with van der Waals surface area (Å²) in [6.07, 6.45) is 5.72. The van der Waals surface area contributed by atoms with Crippen LogP contribution < -0.4 is 0 Å². The normalized spacial score (nSPS) is 39.8. The smallest absolute Gasteiger partial charge is 0.319 e. The molecule has 0 radical (unpaired) electrons. The van der Waals surface area contributed by atoms with E-state index >= 15 is 0 Å². The Balaban J connectivity index is 1.45. The van der Waals surface area contributed by atoms with Gasteiger partial charge < -0.3 is 9.47 Å². The summed E-state index contributed by atoms with van der Waals surface area (Å²) in [7, 11) is 0. The molecule has 0 aromatic carbocycles. The van der Waals surface area contributed by atoms with Crippen molar-refractivity contribution in [2.45, 2.75) is 120 Å². The van der Waals surface area contributed by atoms with Crippen LogP contribution in [0.15, 0.2) is 0 Å². The molecule has 0 N–H and O–H groups in total. The Morgan fingerprint density at radius 1 is 0.647 bits per heavy atom. The van der Waals surface area contributed by atoms with E-state index in [4.69, 9.17) is 9.47 Å². The number of esters is 2. The first-order chi connectivity index (χ1) is 15.3. The number of Topliss-reactive ketones (excluding diaryl/α,β-unsaturated/α-hetero) is 1. The van der Waals surface area contributed by atoms with Crippen molar-refractivity contribution in [3.8, 4) is 0 Å². The minimum absolute atomic E-state index is 0.0784. The summed E-state index contributed by atoms with van der Waals surface area (Å²) in [6, 6.07) is 0. The van der Waals surface area contributed by atoms with Gasteiger partial charge >= 0.3 is 11.9 Å². The molecule has 4 fully saturated rings. The summed E-state index contributed by atoms with van der Waals surface area (Å²) >= 11 is 0. The molecular formula is C29H46O5. The van der Waals surface area contributed by atoms with Crippen LogP contribution in [0.3, 0.4) is 0 Å². The predicted octanol–water partition coefficient (Wildman–Crippen LogP) is 6.12. The van der Waals surface area contributed by atoms with Gasteiger partial charge in [-0.1, -0.05) is 41.5 Å². The largest absolute Gasteiger partial charge is 0.461 e. The first-order valence-corrected chi connectivity index (χ1v) is 13.3. The third-order valence-corrected chi connectivity index (χ3v) is 12.1. The van der Waals surface area contributed by atoms with Gasteiger partial charge in [-0.15, -0.1) is 0 Å². The highest BCUT2D eigenvalue weighted by Gasteiger charge is 2.65. The second-order valence-electron chi connectivity index (χ2n) is 14.6. The summed E-state index contributed by atoms with van der Waals surface area (Å²) in [4.78, 5) is 40.4. The third-order valence-electron chi connectivity index (χ3n) is 12.1. The Morgan fingerprint density at radius 3 is 1.21 bits per heavy atom. The van der Waals surface area contributed by atoms with Crippen molar-refractivity contribution in [3.63, 3.8) is 0 Å². The van der Waals surface area contributed by atoms with Gasteiger partial charge in [-0.2, -0.15) is 0 Å². The standard InChI is InChI=1S/C29H46O5/c1-24(2,22(31)33-19-15-17-11-13-28(19,9)26(17,5)6)21(30)25(3,4)23(32)34-20-16-18-12-14-29(20,10)27(18,7)8/h17-20H,11-16H2,1-10H3/t17-,18-,19-,20-,28+,29+/m0/s1. The average molecular weight is 475 g/mol. The lowest BCUT2D eigenvalue weighted by Gasteiger charge is -2.40. The van der Waals surface area contributed by atoms with E-state index in [-0.39, 0.29) is 33.9 Å². The maximum Gasteiger partial charge on any atom is 0.319 e. The number of ketones is 1. The van der Waals surface area contributed by atoms with Crippen LogP contribution in [0.2, 0.25) is 0 Å². The quantitative estimate of drug-likeness (QED) is 0.342. The molecule has 0 aromatic heterocycles. The number of ether oxygens (including phenoxy) is 2. The number of rotatable bonds is 6. The van der Waals surface area contributed by atoms with E-state index in [1.807, 2.05) is 0 Å². The van der Waals surface area contributed by atoms with Crippen LogP contribution in [-0.2, 0) is 23.9 Å². The molecule has 0 aromatic rings. The monoisotopic (exact) mass is 474 g/mol. The molecule has 4 aliphatic carbocycles. The number of carbonyl (C=O) groups excluding carboxylic acids is 3. The van der Waals surface area contributed by atoms with Crippen molar-refractivity contribution in [3.05, 3.63) is 0 Å². The molecule has 4 saturated carbocycles. The zero-order valence-electron chi connectivity index (χ0n) is 23.1. The lowest BCUT2D eigenvalue weighted by molar-refractivity contribution is -0.178. The Kier molecular flexibility index (Phi) is 5.53. The third kappa shape index (κ3) is 3.13. The highest BCUT2D eigenvalue weighted by Crippen LogP contribution is 2.67. The van der Waals surface area contributed by atoms with Gasteiger partial charge in [-0.25, -0.2) is 0 Å². The zero-order chi connectivity index (χ0) is 25.7. The van der Waals surface area contributed by atoms with Crippen LogP contribution in [0.1, 0.15) is 108 Å². The Hall–Kier alpha value is -1.39. The van der Waals surface area contributed by atoms with Gasteiger partial charge in [0.1, 0.15) is 23.0 Å². The lowest BCUT2D eigenvalue weighted by Crippen LogP contribution is -2.50. The molecule has 34 heavy (non-hydrogen) atoms. The first-order valence-electron chi connectivity index (χ1n) is 13.3. The van der Waals surface area contributed by atoms with E-state index < -0.39 is 28.6 Å². The maximum absolute atomic E-state index is 13.6. The SMILES string of the molecule is CC(C)(C(=O)O[C@H]1C[C@@H]2CC[C@@]1(C)C2(C)C)C(=O)C(C)(C)C(=O)O[C@H]1C[C@@H]2CC[C@@]1(C)C2(C)C. The number of fused-ring (bicyclic) bond motifs is 4. The van der Waals surface area contributed by atoms with Crippen molar-refractivity contribution in [2.24, 2.45) is 44.3 Å². The fourth-order valence-electron chi connectivity index (χ4n) is 8.14. The van der Waals surface area contributed by atoms with Crippen molar-refractivity contribution in [1.29, 1.82) is 0 Å². The van der Waals surface area contributed by atoms with Gasteiger partial charge in [0.25, 0.3) is 0 Å². The van der Waals surface area contributed by atoms with E-state index in [1.54, 1.807) is 27.7 Å². The predicted molar refractivity (Wildman–Crippen MR) is 131 cm³/mol. The van der Waals surface area contributed by atoms with Crippen LogP contribution in [0, 0.1) is 44.3 Å². The van der Waals surface area contributed by atoms with Gasteiger partial charge in [0.2, 0.25) is 0 Å². The van der Waals surface area contributed by atoms with Crippen LogP contribution >= 0.6 is 0 Å². The first kappa shape index (κ1) is 25.7. The van der Waals surface area contributed by atoms with Gasteiger partial charge in [0.15, 0.2) is 5.78 Å². The highest BCUT2D eigenvalue weighted by atomic mass is 16.6. The second kappa shape index (κ2) is 7.32. The minimum atomic E-state index is -1.43. The highest BCUT2D eigenvalue weighted by molar-refractivity contribution is 6.13. The van der Waals surface area contributed by atoms with Gasteiger partial charge in [-0.3, -0.25) is 14.4 Å². The molecule has 0 heterocycles. The van der Waals surface area contributed by atoms with Crippen molar-refractivity contribution in [2.75, 3.05) is 0 Å². The fourth-order valence-corrected chi connectivity index (χ4v) is 8.14. The van der Waals surface area contributed by atoms with E-state index in [2.05, 4.69) is 41.5 Å². The van der Waals surface area contributed by atoms with Gasteiger partial charge in [0, 0.05) is 10.8 Å². The number of hydrogen-bond acceptors (Lipinski definition) is 5. The molecule has 0 saturated heterocycles. The molecule has 5 heteroatoms. The molecule has 4 bridgehead atoms. The molecule has 0 aliphatic heterocycles. The molecule has 4 aliphatic rings. The summed E-state index contributed by atoms with van der Waals surface area (Å²) in [5.74, 6) is -0.419. The van der Waals surface area contributed by atoms with Crippen molar-refractivity contribution >= 4 is 17.7 Å². The number of carbonyl (C=O) groups is 3. The molecular weight excluding hydrogens is 428 g/mol. The molecule has 5 nitrogen and oxygen atoms in total. The Labute approximate surface area is 206 Å². The van der Waals surface area contributed by atoms with Gasteiger partial charge in [0.05, 0.1) is 0 Å². The van der Waals surface area contributed by atoms with Crippen LogP contribution in [0.5, 0.6) is 0 Å². The molecule has 0 unspecified atom stereocenters. The van der Waals surface area contributed by atoms with Crippen molar-refractivity contribution in [1.82, 2.24) is 0 Å². The van der Waals surface area contributed by atoms with E-state index in [0.717, 1.165) is 38.5 Å². The van der Waals surface area contributed by atoms with Gasteiger partial charge in [-0.05, 0) is 88.9 Å². The maximum atomic E-state index is 13.6. The second-order valence-corrected chi connectivity index (χ2v) is 14.6.